The van der Waals surface area contributed by atoms with Gasteiger partial charge in [0.2, 0.25) is 0 Å². The maximum absolute atomic E-state index is 5.40. The summed E-state index contributed by atoms with van der Waals surface area (Å²) in [5, 5.41) is 6.40. The highest BCUT2D eigenvalue weighted by Crippen LogP contribution is 2.14. The van der Waals surface area contributed by atoms with Crippen molar-refractivity contribution in [3.63, 3.8) is 0 Å². The summed E-state index contributed by atoms with van der Waals surface area (Å²) in [7, 11) is 1.87. The van der Waals surface area contributed by atoms with Crippen LogP contribution in [0.5, 0.6) is 0 Å². The predicted molar refractivity (Wildman–Crippen MR) is 61.2 cm³/mol. The fourth-order valence-corrected chi connectivity index (χ4v) is 1.72. The average molecular weight is 207 g/mol. The van der Waals surface area contributed by atoms with Crippen molar-refractivity contribution in [3.8, 4) is 0 Å². The van der Waals surface area contributed by atoms with E-state index in [1.807, 2.05) is 25.2 Å². The van der Waals surface area contributed by atoms with Gasteiger partial charge in [0, 0.05) is 13.7 Å². The molecule has 15 heavy (non-hydrogen) atoms. The summed E-state index contributed by atoms with van der Waals surface area (Å²) in [5.74, 6) is 1.80. The second-order valence-electron chi connectivity index (χ2n) is 3.72. The molecule has 4 heteroatoms. The largest absolute Gasteiger partial charge is 0.379 e. The zero-order valence-electron chi connectivity index (χ0n) is 8.99. The summed E-state index contributed by atoms with van der Waals surface area (Å²) in [5.41, 5.74) is 0. The number of anilines is 2. The fourth-order valence-electron chi connectivity index (χ4n) is 1.72. The third kappa shape index (κ3) is 2.83. The van der Waals surface area contributed by atoms with Crippen LogP contribution in [0.4, 0.5) is 11.6 Å². The number of aromatic nitrogens is 1. The van der Waals surface area contributed by atoms with Crippen molar-refractivity contribution in [1.29, 1.82) is 0 Å². The van der Waals surface area contributed by atoms with Crippen molar-refractivity contribution >= 4 is 11.6 Å². The van der Waals surface area contributed by atoms with Crippen molar-refractivity contribution in [3.05, 3.63) is 18.2 Å². The molecule has 1 aliphatic rings. The first kappa shape index (κ1) is 10.2. The highest BCUT2D eigenvalue weighted by molar-refractivity contribution is 5.45. The molecule has 2 heterocycles. The smallest absolute Gasteiger partial charge is 0.128 e. The lowest BCUT2D eigenvalue weighted by Gasteiger charge is -2.23. The van der Waals surface area contributed by atoms with Crippen LogP contribution in [0, 0.1) is 0 Å². The number of nitrogens with zero attached hydrogens (tertiary/aromatic N) is 1. The van der Waals surface area contributed by atoms with Gasteiger partial charge in [-0.2, -0.15) is 0 Å². The zero-order valence-corrected chi connectivity index (χ0v) is 8.99. The van der Waals surface area contributed by atoms with Crippen molar-refractivity contribution in [2.75, 3.05) is 30.9 Å². The zero-order chi connectivity index (χ0) is 10.5. The Morgan fingerprint density at radius 1 is 1.40 bits per heavy atom. The summed E-state index contributed by atoms with van der Waals surface area (Å²) in [6.45, 7) is 1.67. The van der Waals surface area contributed by atoms with E-state index in [4.69, 9.17) is 4.74 Å². The molecule has 1 unspecified atom stereocenters. The second-order valence-corrected chi connectivity index (χ2v) is 3.72. The summed E-state index contributed by atoms with van der Waals surface area (Å²) < 4.78 is 5.40. The molecule has 0 amide bonds. The van der Waals surface area contributed by atoms with Crippen LogP contribution in [0.1, 0.15) is 12.8 Å². The van der Waals surface area contributed by atoms with E-state index in [0.29, 0.717) is 6.04 Å². The SMILES string of the molecule is CNc1cccc(NC2CCCOC2)n1. The molecule has 0 saturated carbocycles. The van der Waals surface area contributed by atoms with Crippen LogP contribution in [-0.4, -0.2) is 31.3 Å². The Bertz CT molecular complexity index is 310. The van der Waals surface area contributed by atoms with Crippen LogP contribution in [0.25, 0.3) is 0 Å². The van der Waals surface area contributed by atoms with Gasteiger partial charge in [0.05, 0.1) is 12.6 Å². The standard InChI is InChI=1S/C11H17N3O/c1-12-10-5-2-6-11(14-10)13-9-4-3-7-15-8-9/h2,5-6,9H,3-4,7-8H2,1H3,(H2,12,13,14). The Balaban J connectivity index is 1.96. The van der Waals surface area contributed by atoms with Gasteiger partial charge in [-0.25, -0.2) is 4.98 Å². The molecule has 4 nitrogen and oxygen atoms in total. The summed E-state index contributed by atoms with van der Waals surface area (Å²) in [4.78, 5) is 4.41. The molecule has 1 aromatic heterocycles. The molecule has 0 radical (unpaired) electrons. The van der Waals surface area contributed by atoms with E-state index in [1.54, 1.807) is 0 Å². The molecule has 0 aromatic carbocycles. The molecule has 0 bridgehead atoms. The van der Waals surface area contributed by atoms with Gasteiger partial charge < -0.3 is 15.4 Å². The normalized spacial score (nSPS) is 21.0. The third-order valence-electron chi connectivity index (χ3n) is 2.52. The Labute approximate surface area is 90.0 Å². The van der Waals surface area contributed by atoms with Gasteiger partial charge in [-0.15, -0.1) is 0 Å². The van der Waals surface area contributed by atoms with Crippen molar-refractivity contribution < 1.29 is 4.74 Å². The van der Waals surface area contributed by atoms with Crippen molar-refractivity contribution in [2.24, 2.45) is 0 Å². The van der Waals surface area contributed by atoms with E-state index in [1.165, 1.54) is 0 Å². The molecule has 1 fully saturated rings. The van der Waals surface area contributed by atoms with Gasteiger partial charge in [-0.1, -0.05) is 6.07 Å². The Morgan fingerprint density at radius 2 is 2.27 bits per heavy atom. The third-order valence-corrected chi connectivity index (χ3v) is 2.52. The van der Waals surface area contributed by atoms with Gasteiger partial charge in [-0.3, -0.25) is 0 Å². The summed E-state index contributed by atoms with van der Waals surface area (Å²) >= 11 is 0. The lowest BCUT2D eigenvalue weighted by molar-refractivity contribution is 0.0875. The van der Waals surface area contributed by atoms with Crippen LogP contribution in [0.15, 0.2) is 18.2 Å². The van der Waals surface area contributed by atoms with Crippen LogP contribution < -0.4 is 10.6 Å². The van der Waals surface area contributed by atoms with E-state index in [9.17, 15) is 0 Å². The minimum Gasteiger partial charge on any atom is -0.379 e. The monoisotopic (exact) mass is 207 g/mol. The first-order chi connectivity index (χ1) is 7.38. The van der Waals surface area contributed by atoms with Crippen molar-refractivity contribution in [2.45, 2.75) is 18.9 Å². The van der Waals surface area contributed by atoms with Crippen molar-refractivity contribution in [1.82, 2.24) is 4.98 Å². The number of hydrogen-bond acceptors (Lipinski definition) is 4. The quantitative estimate of drug-likeness (QED) is 0.792. The molecule has 2 N–H and O–H groups in total. The maximum atomic E-state index is 5.40. The number of nitrogens with one attached hydrogen (secondary N) is 2. The maximum Gasteiger partial charge on any atom is 0.128 e. The number of hydrogen-bond donors (Lipinski definition) is 2. The number of rotatable bonds is 3. The van der Waals surface area contributed by atoms with Gasteiger partial charge in [0.15, 0.2) is 0 Å². The van der Waals surface area contributed by atoms with E-state index in [0.717, 1.165) is 37.7 Å². The number of ether oxygens (including phenoxy) is 1. The molecule has 1 saturated heterocycles. The summed E-state index contributed by atoms with van der Waals surface area (Å²) in [6.07, 6.45) is 2.29. The van der Waals surface area contributed by atoms with Gasteiger partial charge in [-0.05, 0) is 25.0 Å². The summed E-state index contributed by atoms with van der Waals surface area (Å²) in [6, 6.07) is 6.32. The highest BCUT2D eigenvalue weighted by atomic mass is 16.5. The van der Waals surface area contributed by atoms with Gasteiger partial charge >= 0.3 is 0 Å². The molecule has 0 spiro atoms. The molecular formula is C11H17N3O. The van der Waals surface area contributed by atoms with Crippen LogP contribution in [-0.2, 0) is 4.74 Å². The lowest BCUT2D eigenvalue weighted by Crippen LogP contribution is -2.30. The van der Waals surface area contributed by atoms with E-state index >= 15 is 0 Å². The van der Waals surface area contributed by atoms with Crippen LogP contribution >= 0.6 is 0 Å². The molecule has 1 aromatic rings. The molecule has 1 atom stereocenters. The van der Waals surface area contributed by atoms with E-state index in [2.05, 4.69) is 15.6 Å². The van der Waals surface area contributed by atoms with Gasteiger partial charge in [0.1, 0.15) is 11.6 Å². The van der Waals surface area contributed by atoms with E-state index < -0.39 is 0 Å². The van der Waals surface area contributed by atoms with E-state index in [-0.39, 0.29) is 0 Å². The topological polar surface area (TPSA) is 46.2 Å². The molecule has 1 aliphatic heterocycles. The predicted octanol–water partition coefficient (Wildman–Crippen LogP) is 1.71. The first-order valence-corrected chi connectivity index (χ1v) is 5.37. The minimum absolute atomic E-state index is 0.401. The number of pyridine rings is 1. The minimum atomic E-state index is 0.401. The second kappa shape index (κ2) is 4.98. The van der Waals surface area contributed by atoms with Crippen LogP contribution in [0.3, 0.4) is 0 Å². The molecule has 82 valence electrons. The molecular weight excluding hydrogens is 190 g/mol. The average Bonchev–Trinajstić information content (AvgIpc) is 2.31. The fraction of sp³-hybridized carbons (Fsp3) is 0.545. The Kier molecular flexibility index (Phi) is 3.40. The Hall–Kier alpha value is -1.29. The molecule has 0 aliphatic carbocycles. The molecule has 2 rings (SSSR count). The first-order valence-electron chi connectivity index (χ1n) is 5.37. The van der Waals surface area contributed by atoms with Gasteiger partial charge in [0.25, 0.3) is 0 Å². The van der Waals surface area contributed by atoms with Crippen LogP contribution in [0.2, 0.25) is 0 Å². The lowest BCUT2D eigenvalue weighted by atomic mass is 10.1. The Morgan fingerprint density at radius 3 is 3.00 bits per heavy atom. The highest BCUT2D eigenvalue weighted by Gasteiger charge is 2.13.